The van der Waals surface area contributed by atoms with Gasteiger partial charge in [-0.1, -0.05) is 57.2 Å². The Morgan fingerprint density at radius 2 is 1.52 bits per heavy atom. The van der Waals surface area contributed by atoms with Crippen LogP contribution in [0.2, 0.25) is 0 Å². The highest BCUT2D eigenvalue weighted by atomic mass is 16.5. The van der Waals surface area contributed by atoms with Gasteiger partial charge in [0.25, 0.3) is 11.8 Å². The van der Waals surface area contributed by atoms with Gasteiger partial charge in [0, 0.05) is 0 Å². The molecule has 0 fully saturated rings. The summed E-state index contributed by atoms with van der Waals surface area (Å²) in [5.41, 5.74) is 5.21. The Bertz CT molecular complexity index is 1270. The van der Waals surface area contributed by atoms with E-state index in [0.29, 0.717) is 5.69 Å². The first-order chi connectivity index (χ1) is 15.6. The van der Waals surface area contributed by atoms with Crippen LogP contribution in [0.1, 0.15) is 74.1 Å². The number of carbonyl (C=O) groups excluding carboxylic acids is 3. The Kier molecular flexibility index (Phi) is 5.66. The summed E-state index contributed by atoms with van der Waals surface area (Å²) in [6.45, 7) is 10.3. The Hall–Kier alpha value is -3.73. The van der Waals surface area contributed by atoms with Crippen LogP contribution in [0, 0.1) is 13.8 Å². The average molecular weight is 442 g/mol. The van der Waals surface area contributed by atoms with E-state index < -0.39 is 11.9 Å². The Labute approximate surface area is 194 Å². The molecule has 0 unspecified atom stereocenters. The highest BCUT2D eigenvalue weighted by Crippen LogP contribution is 2.32. The van der Waals surface area contributed by atoms with Gasteiger partial charge in [0.05, 0.1) is 22.4 Å². The molecule has 5 heteroatoms. The van der Waals surface area contributed by atoms with E-state index in [1.807, 2.05) is 56.3 Å². The van der Waals surface area contributed by atoms with Crippen LogP contribution in [0.15, 0.2) is 60.7 Å². The van der Waals surface area contributed by atoms with Gasteiger partial charge in [0.1, 0.15) is 6.61 Å². The zero-order valence-corrected chi connectivity index (χ0v) is 19.6. The molecular weight excluding hydrogens is 414 g/mol. The number of nitrogens with zero attached hydrogens (tertiary/aromatic N) is 1. The zero-order valence-electron chi connectivity index (χ0n) is 19.6. The molecule has 2 amide bonds. The van der Waals surface area contributed by atoms with Crippen molar-refractivity contribution < 1.29 is 19.1 Å². The summed E-state index contributed by atoms with van der Waals surface area (Å²) in [7, 11) is 0. The van der Waals surface area contributed by atoms with Gasteiger partial charge >= 0.3 is 5.97 Å². The number of benzene rings is 3. The topological polar surface area (TPSA) is 63.7 Å². The summed E-state index contributed by atoms with van der Waals surface area (Å²) in [6, 6.07) is 18.1. The summed E-state index contributed by atoms with van der Waals surface area (Å²) < 4.78 is 5.46. The fourth-order valence-corrected chi connectivity index (χ4v) is 3.88. The van der Waals surface area contributed by atoms with Crippen molar-refractivity contribution in [2.24, 2.45) is 0 Å². The molecule has 0 aromatic heterocycles. The number of anilines is 1. The number of carbonyl (C=O) groups is 3. The van der Waals surface area contributed by atoms with Crippen molar-refractivity contribution in [2.45, 2.75) is 46.6 Å². The third-order valence-corrected chi connectivity index (χ3v) is 5.92. The summed E-state index contributed by atoms with van der Waals surface area (Å²) in [4.78, 5) is 39.9. The molecule has 0 saturated carbocycles. The predicted molar refractivity (Wildman–Crippen MR) is 128 cm³/mol. The summed E-state index contributed by atoms with van der Waals surface area (Å²) in [5, 5.41) is 0. The van der Waals surface area contributed by atoms with Gasteiger partial charge in [0.2, 0.25) is 0 Å². The molecule has 4 rings (SSSR count). The number of amides is 2. The quantitative estimate of drug-likeness (QED) is 0.381. The van der Waals surface area contributed by atoms with E-state index in [9.17, 15) is 14.4 Å². The number of fused-ring (bicyclic) bond motifs is 1. The van der Waals surface area contributed by atoms with Gasteiger partial charge in [-0.3, -0.25) is 9.59 Å². The standard InChI is InChI=1S/C28H27NO4/c1-17-6-7-18(2)24(14-17)29-25(30)22-13-10-20(15-23(22)26(29)31)27(32)33-16-19-8-11-21(12-9-19)28(3,4)5/h6-15H,16H2,1-5H3. The van der Waals surface area contributed by atoms with Crippen LogP contribution in [0.5, 0.6) is 0 Å². The van der Waals surface area contributed by atoms with Gasteiger partial charge < -0.3 is 4.74 Å². The maximum atomic E-state index is 13.1. The fraction of sp³-hybridized carbons (Fsp3) is 0.250. The van der Waals surface area contributed by atoms with E-state index >= 15 is 0 Å². The number of hydrogen-bond acceptors (Lipinski definition) is 4. The van der Waals surface area contributed by atoms with Crippen molar-refractivity contribution in [2.75, 3.05) is 4.90 Å². The monoisotopic (exact) mass is 441 g/mol. The van der Waals surface area contributed by atoms with Crippen LogP contribution >= 0.6 is 0 Å². The summed E-state index contributed by atoms with van der Waals surface area (Å²) in [6.07, 6.45) is 0. The Morgan fingerprint density at radius 3 is 2.18 bits per heavy atom. The van der Waals surface area contributed by atoms with Crippen LogP contribution in [0.3, 0.4) is 0 Å². The van der Waals surface area contributed by atoms with Crippen LogP contribution in [0.4, 0.5) is 5.69 Å². The molecule has 168 valence electrons. The van der Waals surface area contributed by atoms with Crippen molar-refractivity contribution in [3.8, 4) is 0 Å². The first kappa shape index (κ1) is 22.5. The molecule has 0 radical (unpaired) electrons. The minimum absolute atomic E-state index is 0.0501. The summed E-state index contributed by atoms with van der Waals surface area (Å²) >= 11 is 0. The van der Waals surface area contributed by atoms with Gasteiger partial charge in [-0.15, -0.1) is 0 Å². The highest BCUT2D eigenvalue weighted by molar-refractivity contribution is 6.35. The Morgan fingerprint density at radius 1 is 0.848 bits per heavy atom. The second kappa shape index (κ2) is 8.32. The maximum absolute atomic E-state index is 13.1. The lowest BCUT2D eigenvalue weighted by Crippen LogP contribution is -2.30. The minimum atomic E-state index is -0.539. The largest absolute Gasteiger partial charge is 0.457 e. The summed E-state index contributed by atoms with van der Waals surface area (Å²) in [5.74, 6) is -1.36. The van der Waals surface area contributed by atoms with E-state index in [4.69, 9.17) is 4.74 Å². The fourth-order valence-electron chi connectivity index (χ4n) is 3.88. The van der Waals surface area contributed by atoms with E-state index in [1.54, 1.807) is 0 Å². The van der Waals surface area contributed by atoms with Crippen LogP contribution in [-0.2, 0) is 16.8 Å². The number of aryl methyl sites for hydroxylation is 2. The van der Waals surface area contributed by atoms with E-state index in [1.165, 1.54) is 28.7 Å². The van der Waals surface area contributed by atoms with E-state index in [2.05, 4.69) is 20.8 Å². The second-order valence-corrected chi connectivity index (χ2v) is 9.52. The van der Waals surface area contributed by atoms with Crippen molar-refractivity contribution in [3.63, 3.8) is 0 Å². The average Bonchev–Trinajstić information content (AvgIpc) is 3.03. The van der Waals surface area contributed by atoms with Gasteiger partial charge in [-0.2, -0.15) is 0 Å². The molecule has 0 saturated heterocycles. The lowest BCUT2D eigenvalue weighted by molar-refractivity contribution is 0.0472. The maximum Gasteiger partial charge on any atom is 0.338 e. The third kappa shape index (κ3) is 4.31. The minimum Gasteiger partial charge on any atom is -0.457 e. The predicted octanol–water partition coefficient (Wildman–Crippen LogP) is 5.76. The van der Waals surface area contributed by atoms with Crippen molar-refractivity contribution in [1.29, 1.82) is 0 Å². The number of hydrogen-bond donors (Lipinski definition) is 0. The normalized spacial score (nSPS) is 13.3. The molecule has 33 heavy (non-hydrogen) atoms. The molecular formula is C28H27NO4. The zero-order chi connectivity index (χ0) is 23.9. The van der Waals surface area contributed by atoms with Crippen molar-refractivity contribution in [1.82, 2.24) is 0 Å². The molecule has 1 aliphatic rings. The molecule has 0 aliphatic carbocycles. The number of rotatable bonds is 4. The lowest BCUT2D eigenvalue weighted by atomic mass is 9.87. The Balaban J connectivity index is 1.52. The number of ether oxygens (including phenoxy) is 1. The van der Waals surface area contributed by atoms with Gasteiger partial charge in [-0.25, -0.2) is 9.69 Å². The first-order valence-electron chi connectivity index (χ1n) is 10.9. The SMILES string of the molecule is Cc1ccc(C)c(N2C(=O)c3ccc(C(=O)OCc4ccc(C(C)(C)C)cc4)cc3C2=O)c1. The van der Waals surface area contributed by atoms with Crippen LogP contribution in [-0.4, -0.2) is 17.8 Å². The molecule has 0 bridgehead atoms. The molecule has 0 N–H and O–H groups in total. The third-order valence-electron chi connectivity index (χ3n) is 5.92. The molecule has 5 nitrogen and oxygen atoms in total. The highest BCUT2D eigenvalue weighted by Gasteiger charge is 2.38. The molecule has 3 aromatic rings. The smallest absolute Gasteiger partial charge is 0.338 e. The lowest BCUT2D eigenvalue weighted by Gasteiger charge is -2.19. The van der Waals surface area contributed by atoms with E-state index in [-0.39, 0.29) is 34.6 Å². The molecule has 0 atom stereocenters. The molecule has 3 aromatic carbocycles. The number of esters is 1. The van der Waals surface area contributed by atoms with Crippen LogP contribution < -0.4 is 4.90 Å². The van der Waals surface area contributed by atoms with Crippen LogP contribution in [0.25, 0.3) is 0 Å². The molecule has 1 heterocycles. The molecule has 0 spiro atoms. The van der Waals surface area contributed by atoms with Crippen molar-refractivity contribution in [3.05, 3.63) is 99.6 Å². The first-order valence-corrected chi connectivity index (χ1v) is 10.9. The number of imide groups is 1. The van der Waals surface area contributed by atoms with E-state index in [0.717, 1.165) is 16.7 Å². The van der Waals surface area contributed by atoms with Gasteiger partial charge in [0.15, 0.2) is 0 Å². The molecule has 1 aliphatic heterocycles. The van der Waals surface area contributed by atoms with Crippen molar-refractivity contribution >= 4 is 23.5 Å². The van der Waals surface area contributed by atoms with Gasteiger partial charge in [-0.05, 0) is 65.8 Å². The second-order valence-electron chi connectivity index (χ2n) is 9.52.